The quantitative estimate of drug-likeness (QED) is 0.396. The van der Waals surface area contributed by atoms with Crippen molar-refractivity contribution in [3.05, 3.63) is 75.3 Å². The minimum absolute atomic E-state index is 0.0917. The lowest BCUT2D eigenvalue weighted by Crippen LogP contribution is -2.23. The Bertz CT molecular complexity index is 1120. The lowest BCUT2D eigenvalue weighted by atomic mass is 9.83. The van der Waals surface area contributed by atoms with Gasteiger partial charge in [0.05, 0.1) is 28.2 Å². The Morgan fingerprint density at radius 2 is 1.93 bits per heavy atom. The predicted molar refractivity (Wildman–Crippen MR) is 94.2 cm³/mol. The fourth-order valence-corrected chi connectivity index (χ4v) is 3.47. The number of aromatic nitrogens is 2. The van der Waals surface area contributed by atoms with Gasteiger partial charge >= 0.3 is 12.1 Å². The molecule has 0 saturated heterocycles. The van der Waals surface area contributed by atoms with Crippen molar-refractivity contribution in [3.8, 4) is 17.1 Å². The SMILES string of the molecule is O=C1C[C@@H](c2ccccc2C(F)(F)F)c2c(n[nH]c2-c2cccc([N+](=O)[O-])c2)O1. The van der Waals surface area contributed by atoms with Gasteiger partial charge in [0.2, 0.25) is 5.88 Å². The molecule has 4 rings (SSSR count). The summed E-state index contributed by atoms with van der Waals surface area (Å²) < 4.78 is 45.8. The van der Waals surface area contributed by atoms with Crippen molar-refractivity contribution >= 4 is 11.7 Å². The first kappa shape index (κ1) is 18.7. The second-order valence-corrected chi connectivity index (χ2v) is 6.44. The van der Waals surface area contributed by atoms with E-state index in [-0.39, 0.29) is 34.8 Å². The number of alkyl halides is 3. The van der Waals surface area contributed by atoms with Crippen molar-refractivity contribution in [1.29, 1.82) is 0 Å². The van der Waals surface area contributed by atoms with Gasteiger partial charge in [-0.3, -0.25) is 20.0 Å². The number of H-pyrrole nitrogens is 1. The first-order valence-electron chi connectivity index (χ1n) is 8.45. The number of nitro groups is 1. The number of ether oxygens (including phenoxy) is 1. The summed E-state index contributed by atoms with van der Waals surface area (Å²) in [6.45, 7) is 0. The molecule has 10 heteroatoms. The number of nitrogens with zero attached hydrogens (tertiary/aromatic N) is 2. The molecule has 1 aliphatic heterocycles. The predicted octanol–water partition coefficient (Wildman–Crippen LogP) is 4.44. The minimum Gasteiger partial charge on any atom is -0.405 e. The van der Waals surface area contributed by atoms with Crippen molar-refractivity contribution in [3.63, 3.8) is 0 Å². The van der Waals surface area contributed by atoms with Crippen LogP contribution in [0.15, 0.2) is 48.5 Å². The summed E-state index contributed by atoms with van der Waals surface area (Å²) in [4.78, 5) is 22.5. The molecule has 0 bridgehead atoms. The van der Waals surface area contributed by atoms with E-state index in [0.29, 0.717) is 5.56 Å². The van der Waals surface area contributed by atoms with E-state index in [0.717, 1.165) is 6.07 Å². The van der Waals surface area contributed by atoms with E-state index in [1.165, 1.54) is 36.4 Å². The standard InChI is InChI=1S/C19H12F3N3O4/c20-19(21,22)14-7-2-1-6-12(14)13-9-15(26)29-18-16(13)17(23-24-18)10-4-3-5-11(8-10)25(27)28/h1-8,13H,9H2,(H,23,24)/t13-/m0/s1. The highest BCUT2D eigenvalue weighted by Gasteiger charge is 2.40. The van der Waals surface area contributed by atoms with E-state index in [1.54, 1.807) is 6.07 Å². The van der Waals surface area contributed by atoms with Gasteiger partial charge in [0, 0.05) is 23.6 Å². The summed E-state index contributed by atoms with van der Waals surface area (Å²) in [5.41, 5.74) is -0.283. The normalized spacial score (nSPS) is 16.2. The maximum Gasteiger partial charge on any atom is 0.416 e. The van der Waals surface area contributed by atoms with E-state index in [9.17, 15) is 28.1 Å². The number of nitro benzene ring substituents is 1. The molecule has 1 N–H and O–H groups in total. The fraction of sp³-hybridized carbons (Fsp3) is 0.158. The number of hydrogen-bond acceptors (Lipinski definition) is 5. The largest absolute Gasteiger partial charge is 0.416 e. The second kappa shape index (κ2) is 6.73. The molecule has 0 fully saturated rings. The highest BCUT2D eigenvalue weighted by molar-refractivity contribution is 5.81. The van der Waals surface area contributed by atoms with Gasteiger partial charge in [-0.15, -0.1) is 5.10 Å². The van der Waals surface area contributed by atoms with Crippen LogP contribution in [-0.2, 0) is 11.0 Å². The lowest BCUT2D eigenvalue weighted by molar-refractivity contribution is -0.384. The molecule has 0 unspecified atom stereocenters. The van der Waals surface area contributed by atoms with Crippen LogP contribution < -0.4 is 4.74 Å². The number of non-ortho nitro benzene ring substituents is 1. The number of fused-ring (bicyclic) bond motifs is 1. The number of halogens is 3. The molecule has 1 atom stereocenters. The third kappa shape index (κ3) is 3.33. The number of aromatic amines is 1. The van der Waals surface area contributed by atoms with Crippen LogP contribution in [0.25, 0.3) is 11.3 Å². The Kier molecular flexibility index (Phi) is 4.33. The molecule has 3 aromatic rings. The molecule has 0 amide bonds. The minimum atomic E-state index is -4.62. The van der Waals surface area contributed by atoms with E-state index < -0.39 is 28.6 Å². The summed E-state index contributed by atoms with van der Waals surface area (Å²) in [5.74, 6) is -1.82. The first-order valence-corrected chi connectivity index (χ1v) is 8.45. The Hall–Kier alpha value is -3.69. The van der Waals surface area contributed by atoms with Crippen molar-refractivity contribution < 1.29 is 27.6 Å². The molecule has 7 nitrogen and oxygen atoms in total. The average Bonchev–Trinajstić information content (AvgIpc) is 3.10. The fourth-order valence-electron chi connectivity index (χ4n) is 3.47. The topological polar surface area (TPSA) is 98.1 Å². The lowest BCUT2D eigenvalue weighted by Gasteiger charge is -2.25. The average molecular weight is 403 g/mol. The van der Waals surface area contributed by atoms with E-state index in [4.69, 9.17) is 4.74 Å². The van der Waals surface area contributed by atoms with Gasteiger partial charge < -0.3 is 4.74 Å². The van der Waals surface area contributed by atoms with Crippen molar-refractivity contribution in [2.24, 2.45) is 0 Å². The van der Waals surface area contributed by atoms with Crippen molar-refractivity contribution in [2.45, 2.75) is 18.5 Å². The van der Waals surface area contributed by atoms with E-state index >= 15 is 0 Å². The van der Waals surface area contributed by atoms with Gasteiger partial charge in [-0.1, -0.05) is 30.3 Å². The number of carbonyl (C=O) groups is 1. The van der Waals surface area contributed by atoms with Gasteiger partial charge in [0.1, 0.15) is 0 Å². The van der Waals surface area contributed by atoms with Crippen molar-refractivity contribution in [1.82, 2.24) is 10.2 Å². The molecule has 0 aliphatic carbocycles. The third-order valence-electron chi connectivity index (χ3n) is 4.69. The van der Waals surface area contributed by atoms with Crippen LogP contribution >= 0.6 is 0 Å². The maximum absolute atomic E-state index is 13.6. The van der Waals surface area contributed by atoms with Gasteiger partial charge in [0.25, 0.3) is 5.69 Å². The van der Waals surface area contributed by atoms with Crippen LogP contribution in [0.3, 0.4) is 0 Å². The zero-order valence-corrected chi connectivity index (χ0v) is 14.6. The summed E-state index contributed by atoms with van der Waals surface area (Å²) >= 11 is 0. The Morgan fingerprint density at radius 1 is 1.17 bits per heavy atom. The van der Waals surface area contributed by atoms with Crippen LogP contribution in [0.2, 0.25) is 0 Å². The highest BCUT2D eigenvalue weighted by atomic mass is 19.4. The van der Waals surface area contributed by atoms with Crippen LogP contribution in [0.5, 0.6) is 5.88 Å². The van der Waals surface area contributed by atoms with Crippen LogP contribution in [0.1, 0.15) is 29.0 Å². The number of esters is 1. The van der Waals surface area contributed by atoms with E-state index in [2.05, 4.69) is 10.2 Å². The number of nitrogens with one attached hydrogen (secondary N) is 1. The van der Waals surface area contributed by atoms with Gasteiger partial charge in [0.15, 0.2) is 0 Å². The number of hydrogen-bond donors (Lipinski definition) is 1. The molecule has 2 aromatic carbocycles. The Balaban J connectivity index is 1.91. The summed E-state index contributed by atoms with van der Waals surface area (Å²) in [7, 11) is 0. The summed E-state index contributed by atoms with van der Waals surface area (Å²) in [6.07, 6.45) is -4.94. The van der Waals surface area contributed by atoms with Gasteiger partial charge in [-0.25, -0.2) is 0 Å². The monoisotopic (exact) mass is 403 g/mol. The molecule has 0 spiro atoms. The highest BCUT2D eigenvalue weighted by Crippen LogP contribution is 2.46. The molecular weight excluding hydrogens is 391 g/mol. The third-order valence-corrected chi connectivity index (χ3v) is 4.69. The van der Waals surface area contributed by atoms with Crippen LogP contribution in [0, 0.1) is 10.1 Å². The zero-order valence-electron chi connectivity index (χ0n) is 14.6. The number of benzene rings is 2. The molecule has 29 heavy (non-hydrogen) atoms. The molecule has 1 aromatic heterocycles. The van der Waals surface area contributed by atoms with E-state index in [1.807, 2.05) is 0 Å². The van der Waals surface area contributed by atoms with Crippen LogP contribution in [0.4, 0.5) is 18.9 Å². The molecule has 2 heterocycles. The molecular formula is C19H12F3N3O4. The number of rotatable bonds is 3. The van der Waals surface area contributed by atoms with Crippen molar-refractivity contribution in [2.75, 3.05) is 0 Å². The van der Waals surface area contributed by atoms with Gasteiger partial charge in [-0.05, 0) is 11.6 Å². The first-order chi connectivity index (χ1) is 13.8. The Labute approximate surface area is 161 Å². The summed E-state index contributed by atoms with van der Waals surface area (Å²) in [6, 6.07) is 10.6. The molecule has 0 saturated carbocycles. The second-order valence-electron chi connectivity index (χ2n) is 6.44. The maximum atomic E-state index is 13.6. The molecule has 1 aliphatic rings. The smallest absolute Gasteiger partial charge is 0.405 e. The van der Waals surface area contributed by atoms with Crippen LogP contribution in [-0.4, -0.2) is 21.1 Å². The van der Waals surface area contributed by atoms with Gasteiger partial charge in [-0.2, -0.15) is 13.2 Å². The molecule has 148 valence electrons. The molecule has 0 radical (unpaired) electrons. The summed E-state index contributed by atoms with van der Waals surface area (Å²) in [5, 5.41) is 17.6. The number of carbonyl (C=O) groups excluding carboxylic acids is 1. The Morgan fingerprint density at radius 3 is 2.66 bits per heavy atom. The zero-order chi connectivity index (χ0) is 20.8.